The monoisotopic (exact) mass is 362 g/mol. The Labute approximate surface area is 156 Å². The molecule has 2 aromatic carbocycles. The van der Waals surface area contributed by atoms with Crippen molar-refractivity contribution in [2.45, 2.75) is 13.5 Å². The number of quaternary nitrogens is 1. The molecule has 0 radical (unpaired) electrons. The molecule has 27 heavy (non-hydrogen) atoms. The number of para-hydroxylation sites is 1. The number of benzene rings is 2. The summed E-state index contributed by atoms with van der Waals surface area (Å²) in [6.07, 6.45) is 0. The van der Waals surface area contributed by atoms with E-state index in [9.17, 15) is 9.59 Å². The molecule has 0 fully saturated rings. The Morgan fingerprint density at radius 1 is 1.22 bits per heavy atom. The van der Waals surface area contributed by atoms with Gasteiger partial charge < -0.3 is 15.2 Å². The summed E-state index contributed by atoms with van der Waals surface area (Å²) in [7, 11) is 0. The standard InChI is InChI=1S/C20H19N5O2/c1-2-25(13-19(26)22-15-9-7-14(11-21)8-10-15)12-18-23-17-6-4-3-5-16(17)20(27)24-18/h3-10H,2,12-13H2,1H3,(H,22,26)(H,23,24,27)/p+1. The Bertz CT molecular complexity index is 1050. The number of carbonyl (C=O) groups excluding carboxylic acids is 1. The normalized spacial score (nSPS) is 11.7. The lowest BCUT2D eigenvalue weighted by atomic mass is 10.2. The van der Waals surface area contributed by atoms with E-state index in [2.05, 4.69) is 15.3 Å². The molecule has 3 rings (SSSR count). The summed E-state index contributed by atoms with van der Waals surface area (Å²) in [6, 6.07) is 15.9. The number of anilines is 1. The molecule has 3 aromatic rings. The zero-order valence-electron chi connectivity index (χ0n) is 15.0. The molecule has 0 aliphatic heterocycles. The third-order valence-electron chi connectivity index (χ3n) is 4.29. The van der Waals surface area contributed by atoms with Crippen LogP contribution in [0.4, 0.5) is 5.69 Å². The molecule has 7 nitrogen and oxygen atoms in total. The second kappa shape index (κ2) is 8.25. The number of hydrogen-bond donors (Lipinski definition) is 3. The molecule has 0 bridgehead atoms. The van der Waals surface area contributed by atoms with Crippen LogP contribution in [0.1, 0.15) is 18.3 Å². The minimum atomic E-state index is -0.173. The molecule has 0 aliphatic carbocycles. The molecular formula is C20H20N5O2+. The fraction of sp³-hybridized carbons (Fsp3) is 0.200. The lowest BCUT2D eigenvalue weighted by molar-refractivity contribution is -0.904. The van der Waals surface area contributed by atoms with Gasteiger partial charge in [0.1, 0.15) is 6.54 Å². The molecule has 0 spiro atoms. The van der Waals surface area contributed by atoms with Gasteiger partial charge in [-0.15, -0.1) is 0 Å². The first-order valence-corrected chi connectivity index (χ1v) is 8.70. The van der Waals surface area contributed by atoms with Gasteiger partial charge in [-0.05, 0) is 43.3 Å². The van der Waals surface area contributed by atoms with Crippen LogP contribution in [0, 0.1) is 11.3 Å². The molecule has 1 heterocycles. The summed E-state index contributed by atoms with van der Waals surface area (Å²) >= 11 is 0. The molecule has 0 saturated carbocycles. The van der Waals surface area contributed by atoms with Crippen molar-refractivity contribution in [1.29, 1.82) is 5.26 Å². The number of nitriles is 1. The zero-order chi connectivity index (χ0) is 19.2. The summed E-state index contributed by atoms with van der Waals surface area (Å²) in [5, 5.41) is 12.2. The highest BCUT2D eigenvalue weighted by molar-refractivity contribution is 5.91. The Hall–Kier alpha value is -3.50. The van der Waals surface area contributed by atoms with Crippen LogP contribution in [-0.2, 0) is 11.3 Å². The van der Waals surface area contributed by atoms with Crippen LogP contribution >= 0.6 is 0 Å². The molecule has 1 atom stereocenters. The van der Waals surface area contributed by atoms with E-state index in [0.717, 1.165) is 4.90 Å². The van der Waals surface area contributed by atoms with Crippen LogP contribution in [0.3, 0.4) is 0 Å². The number of fused-ring (bicyclic) bond motifs is 1. The SMILES string of the molecule is CC[NH+](CC(=O)Nc1ccc(C#N)cc1)Cc1nc2ccccc2c(=O)[nH]1. The summed E-state index contributed by atoms with van der Waals surface area (Å²) < 4.78 is 0. The van der Waals surface area contributed by atoms with Crippen molar-refractivity contribution >= 4 is 22.5 Å². The number of hydrogen-bond acceptors (Lipinski definition) is 4. The lowest BCUT2D eigenvalue weighted by Crippen LogP contribution is -3.11. The van der Waals surface area contributed by atoms with Crippen LogP contribution in [0.5, 0.6) is 0 Å². The molecule has 136 valence electrons. The van der Waals surface area contributed by atoms with Gasteiger partial charge in [-0.1, -0.05) is 12.1 Å². The summed E-state index contributed by atoms with van der Waals surface area (Å²) in [5.41, 5.74) is 1.66. The predicted octanol–water partition coefficient (Wildman–Crippen LogP) is 0.838. The molecule has 0 saturated heterocycles. The predicted molar refractivity (Wildman–Crippen MR) is 102 cm³/mol. The number of likely N-dealkylation sites (N-methyl/N-ethyl adjacent to an activating group) is 1. The van der Waals surface area contributed by atoms with E-state index in [0.29, 0.717) is 41.1 Å². The largest absolute Gasteiger partial charge is 0.321 e. The first kappa shape index (κ1) is 18.3. The summed E-state index contributed by atoms with van der Waals surface area (Å²) in [6.45, 7) is 3.37. The van der Waals surface area contributed by atoms with Crippen LogP contribution in [0.25, 0.3) is 10.9 Å². The lowest BCUT2D eigenvalue weighted by Gasteiger charge is -2.17. The van der Waals surface area contributed by atoms with Gasteiger partial charge in [0.05, 0.1) is 29.1 Å². The van der Waals surface area contributed by atoms with Gasteiger partial charge in [0.25, 0.3) is 11.5 Å². The van der Waals surface area contributed by atoms with E-state index in [4.69, 9.17) is 5.26 Å². The number of amides is 1. The van der Waals surface area contributed by atoms with E-state index >= 15 is 0 Å². The minimum Gasteiger partial charge on any atom is -0.321 e. The molecule has 7 heteroatoms. The van der Waals surface area contributed by atoms with Gasteiger partial charge in [-0.2, -0.15) is 5.26 Å². The number of aromatic amines is 1. The van der Waals surface area contributed by atoms with Crippen molar-refractivity contribution in [3.8, 4) is 6.07 Å². The highest BCUT2D eigenvalue weighted by atomic mass is 16.2. The number of nitrogens with zero attached hydrogens (tertiary/aromatic N) is 2. The maximum atomic E-state index is 12.3. The third kappa shape index (κ3) is 4.57. The molecule has 1 amide bonds. The highest BCUT2D eigenvalue weighted by Gasteiger charge is 2.15. The zero-order valence-corrected chi connectivity index (χ0v) is 15.0. The molecule has 3 N–H and O–H groups in total. The highest BCUT2D eigenvalue weighted by Crippen LogP contribution is 2.08. The summed E-state index contributed by atoms with van der Waals surface area (Å²) in [4.78, 5) is 32.8. The van der Waals surface area contributed by atoms with Gasteiger partial charge in [-0.25, -0.2) is 4.98 Å². The van der Waals surface area contributed by atoms with Crippen LogP contribution < -0.4 is 15.8 Å². The Morgan fingerprint density at radius 3 is 2.67 bits per heavy atom. The number of H-pyrrole nitrogens is 1. The smallest absolute Gasteiger partial charge is 0.279 e. The molecule has 1 unspecified atom stereocenters. The van der Waals surface area contributed by atoms with E-state index in [1.807, 2.05) is 19.1 Å². The van der Waals surface area contributed by atoms with Crippen molar-refractivity contribution in [2.24, 2.45) is 0 Å². The van der Waals surface area contributed by atoms with Gasteiger partial charge in [0.2, 0.25) is 0 Å². The van der Waals surface area contributed by atoms with Crippen molar-refractivity contribution in [3.05, 3.63) is 70.3 Å². The van der Waals surface area contributed by atoms with E-state index < -0.39 is 0 Å². The van der Waals surface area contributed by atoms with Crippen molar-refractivity contribution in [3.63, 3.8) is 0 Å². The average Bonchev–Trinajstić information content (AvgIpc) is 2.68. The van der Waals surface area contributed by atoms with Gasteiger partial charge in [-0.3, -0.25) is 9.59 Å². The van der Waals surface area contributed by atoms with Crippen LogP contribution in [0.2, 0.25) is 0 Å². The Kier molecular flexibility index (Phi) is 5.59. The topological polar surface area (TPSA) is 103 Å². The number of nitrogens with one attached hydrogen (secondary N) is 3. The van der Waals surface area contributed by atoms with E-state index in [1.165, 1.54) is 0 Å². The minimum absolute atomic E-state index is 0.139. The molecule has 0 aliphatic rings. The third-order valence-corrected chi connectivity index (χ3v) is 4.29. The number of rotatable bonds is 6. The van der Waals surface area contributed by atoms with E-state index in [-0.39, 0.29) is 18.0 Å². The average molecular weight is 362 g/mol. The first-order chi connectivity index (χ1) is 13.1. The quantitative estimate of drug-likeness (QED) is 0.604. The van der Waals surface area contributed by atoms with Gasteiger partial charge in [0, 0.05) is 5.69 Å². The summed E-state index contributed by atoms with van der Waals surface area (Å²) in [5.74, 6) is 0.418. The number of aromatic nitrogens is 2. The van der Waals surface area contributed by atoms with Crippen molar-refractivity contribution < 1.29 is 9.69 Å². The first-order valence-electron chi connectivity index (χ1n) is 8.70. The van der Waals surface area contributed by atoms with Crippen LogP contribution in [0.15, 0.2) is 53.3 Å². The van der Waals surface area contributed by atoms with Gasteiger partial charge >= 0.3 is 0 Å². The van der Waals surface area contributed by atoms with Crippen LogP contribution in [-0.4, -0.2) is 29.0 Å². The van der Waals surface area contributed by atoms with E-state index in [1.54, 1.807) is 42.5 Å². The fourth-order valence-corrected chi connectivity index (χ4v) is 2.83. The second-order valence-corrected chi connectivity index (χ2v) is 6.22. The Morgan fingerprint density at radius 2 is 1.96 bits per heavy atom. The molecular weight excluding hydrogens is 342 g/mol. The Balaban J connectivity index is 1.67. The number of carbonyl (C=O) groups is 1. The maximum absolute atomic E-state index is 12.3. The fourth-order valence-electron chi connectivity index (χ4n) is 2.83. The maximum Gasteiger partial charge on any atom is 0.279 e. The van der Waals surface area contributed by atoms with Crippen molar-refractivity contribution in [2.75, 3.05) is 18.4 Å². The second-order valence-electron chi connectivity index (χ2n) is 6.22. The van der Waals surface area contributed by atoms with Gasteiger partial charge in [0.15, 0.2) is 12.4 Å². The van der Waals surface area contributed by atoms with Crippen molar-refractivity contribution in [1.82, 2.24) is 9.97 Å². The molecule has 1 aromatic heterocycles.